The van der Waals surface area contributed by atoms with Crippen LogP contribution in [0.1, 0.15) is 36.7 Å². The van der Waals surface area contributed by atoms with E-state index in [9.17, 15) is 4.79 Å². The first kappa shape index (κ1) is 12.9. The van der Waals surface area contributed by atoms with Gasteiger partial charge in [0.15, 0.2) is 0 Å². The van der Waals surface area contributed by atoms with Crippen molar-refractivity contribution >= 4 is 11.7 Å². The molecule has 2 rings (SSSR count). The highest BCUT2D eigenvalue weighted by atomic mass is 16.2. The molecule has 0 saturated heterocycles. The van der Waals surface area contributed by atoms with Gasteiger partial charge in [0.2, 0.25) is 0 Å². The zero-order chi connectivity index (χ0) is 13.0. The number of carbonyl (C=O) groups is 1. The summed E-state index contributed by atoms with van der Waals surface area (Å²) >= 11 is 0. The van der Waals surface area contributed by atoms with Crippen LogP contribution in [0.25, 0.3) is 0 Å². The number of carbonyl (C=O) groups excluding carboxylic acids is 1. The fraction of sp³-hybridized carbons (Fsp3) is 0.571. The van der Waals surface area contributed by atoms with Crippen LogP contribution in [0.2, 0.25) is 0 Å². The van der Waals surface area contributed by atoms with E-state index in [1.54, 1.807) is 11.0 Å². The first-order valence-electron chi connectivity index (χ1n) is 6.67. The molecule has 98 valence electrons. The van der Waals surface area contributed by atoms with E-state index in [0.717, 1.165) is 18.9 Å². The second-order valence-electron chi connectivity index (χ2n) is 4.92. The van der Waals surface area contributed by atoms with Crippen molar-refractivity contribution in [3.05, 3.63) is 23.9 Å². The zero-order valence-electron chi connectivity index (χ0n) is 11.1. The van der Waals surface area contributed by atoms with Crippen molar-refractivity contribution in [1.82, 2.24) is 9.88 Å². The first-order chi connectivity index (χ1) is 8.70. The number of amides is 1. The van der Waals surface area contributed by atoms with Crippen LogP contribution in [0.5, 0.6) is 0 Å². The van der Waals surface area contributed by atoms with Crippen molar-refractivity contribution < 1.29 is 4.79 Å². The van der Waals surface area contributed by atoms with E-state index in [1.807, 2.05) is 26.1 Å². The van der Waals surface area contributed by atoms with Crippen LogP contribution in [0.15, 0.2) is 18.2 Å². The monoisotopic (exact) mass is 247 g/mol. The summed E-state index contributed by atoms with van der Waals surface area (Å²) in [5.74, 6) is 1.47. The number of hydrogen-bond donors (Lipinski definition) is 1. The van der Waals surface area contributed by atoms with Gasteiger partial charge in [0.1, 0.15) is 11.5 Å². The standard InChI is InChI=1S/C14H21N3O/c1-3-15-13-9-5-8-12(16-13)14(18)17(2)10-11-6-4-7-11/h5,8-9,11H,3-4,6-7,10H2,1-2H3,(H,15,16). The highest BCUT2D eigenvalue weighted by molar-refractivity contribution is 5.92. The van der Waals surface area contributed by atoms with Crippen molar-refractivity contribution in [2.45, 2.75) is 26.2 Å². The van der Waals surface area contributed by atoms with Gasteiger partial charge in [0.25, 0.3) is 5.91 Å². The normalized spacial score (nSPS) is 15.0. The molecule has 18 heavy (non-hydrogen) atoms. The van der Waals surface area contributed by atoms with E-state index in [-0.39, 0.29) is 5.91 Å². The van der Waals surface area contributed by atoms with E-state index >= 15 is 0 Å². The van der Waals surface area contributed by atoms with Gasteiger partial charge in [-0.3, -0.25) is 4.79 Å². The summed E-state index contributed by atoms with van der Waals surface area (Å²) in [6.07, 6.45) is 3.81. The fourth-order valence-electron chi connectivity index (χ4n) is 2.17. The molecule has 0 unspecified atom stereocenters. The summed E-state index contributed by atoms with van der Waals surface area (Å²) < 4.78 is 0. The Morgan fingerprint density at radius 1 is 1.50 bits per heavy atom. The predicted octanol–water partition coefficient (Wildman–Crippen LogP) is 2.39. The average molecular weight is 247 g/mol. The zero-order valence-corrected chi connectivity index (χ0v) is 11.1. The Kier molecular flexibility index (Phi) is 4.18. The van der Waals surface area contributed by atoms with Crippen LogP contribution in [-0.2, 0) is 0 Å². The van der Waals surface area contributed by atoms with Crippen LogP contribution < -0.4 is 5.32 Å². The Balaban J connectivity index is 2.00. The van der Waals surface area contributed by atoms with Crippen LogP contribution in [-0.4, -0.2) is 35.9 Å². The van der Waals surface area contributed by atoms with Gasteiger partial charge in [-0.05, 0) is 37.8 Å². The number of anilines is 1. The number of rotatable bonds is 5. The second-order valence-corrected chi connectivity index (χ2v) is 4.92. The van der Waals surface area contributed by atoms with Gasteiger partial charge in [-0.2, -0.15) is 0 Å². The van der Waals surface area contributed by atoms with Crippen LogP contribution in [0.3, 0.4) is 0 Å². The van der Waals surface area contributed by atoms with Gasteiger partial charge < -0.3 is 10.2 Å². The van der Waals surface area contributed by atoms with Crippen LogP contribution >= 0.6 is 0 Å². The largest absolute Gasteiger partial charge is 0.370 e. The molecule has 1 fully saturated rings. The molecule has 0 aromatic carbocycles. The first-order valence-corrected chi connectivity index (χ1v) is 6.67. The maximum Gasteiger partial charge on any atom is 0.272 e. The number of pyridine rings is 1. The lowest BCUT2D eigenvalue weighted by Crippen LogP contribution is -2.34. The third-order valence-electron chi connectivity index (χ3n) is 3.43. The van der Waals surface area contributed by atoms with Crippen molar-refractivity contribution in [2.75, 3.05) is 25.5 Å². The van der Waals surface area contributed by atoms with Crippen LogP contribution in [0, 0.1) is 5.92 Å². The van der Waals surface area contributed by atoms with Crippen molar-refractivity contribution in [2.24, 2.45) is 5.92 Å². The highest BCUT2D eigenvalue weighted by Crippen LogP contribution is 2.27. The summed E-state index contributed by atoms with van der Waals surface area (Å²) in [6.45, 7) is 3.67. The van der Waals surface area contributed by atoms with E-state index in [0.29, 0.717) is 11.6 Å². The molecule has 1 aliphatic rings. The third kappa shape index (κ3) is 3.00. The molecule has 1 aromatic rings. The van der Waals surface area contributed by atoms with Crippen LogP contribution in [0.4, 0.5) is 5.82 Å². The van der Waals surface area contributed by atoms with Crippen molar-refractivity contribution in [3.8, 4) is 0 Å². The molecule has 1 heterocycles. The Labute approximate surface area is 108 Å². The van der Waals surface area contributed by atoms with Gasteiger partial charge in [-0.15, -0.1) is 0 Å². The molecule has 1 saturated carbocycles. The smallest absolute Gasteiger partial charge is 0.272 e. The molecule has 4 nitrogen and oxygen atoms in total. The lowest BCUT2D eigenvalue weighted by Gasteiger charge is -2.30. The fourth-order valence-corrected chi connectivity index (χ4v) is 2.17. The molecular formula is C14H21N3O. The molecule has 0 spiro atoms. The molecule has 0 bridgehead atoms. The summed E-state index contributed by atoms with van der Waals surface area (Å²) in [6, 6.07) is 5.53. The molecule has 1 N–H and O–H groups in total. The Morgan fingerprint density at radius 2 is 2.28 bits per heavy atom. The number of nitrogens with one attached hydrogen (secondary N) is 1. The van der Waals surface area contributed by atoms with Crippen molar-refractivity contribution in [1.29, 1.82) is 0 Å². The number of nitrogens with zero attached hydrogens (tertiary/aromatic N) is 2. The molecular weight excluding hydrogens is 226 g/mol. The maximum atomic E-state index is 12.2. The SMILES string of the molecule is CCNc1cccc(C(=O)N(C)CC2CCC2)n1. The minimum absolute atomic E-state index is 0.0154. The summed E-state index contributed by atoms with van der Waals surface area (Å²) in [5.41, 5.74) is 0.523. The summed E-state index contributed by atoms with van der Waals surface area (Å²) in [5, 5.41) is 3.12. The summed E-state index contributed by atoms with van der Waals surface area (Å²) in [4.78, 5) is 18.3. The lowest BCUT2D eigenvalue weighted by atomic mass is 9.85. The molecule has 0 radical (unpaired) electrons. The van der Waals surface area contributed by atoms with Gasteiger partial charge in [0.05, 0.1) is 0 Å². The van der Waals surface area contributed by atoms with E-state index in [4.69, 9.17) is 0 Å². The van der Waals surface area contributed by atoms with E-state index in [1.165, 1.54) is 19.3 Å². The van der Waals surface area contributed by atoms with Gasteiger partial charge in [0, 0.05) is 20.1 Å². The third-order valence-corrected chi connectivity index (χ3v) is 3.43. The highest BCUT2D eigenvalue weighted by Gasteiger charge is 2.22. The average Bonchev–Trinajstić information content (AvgIpc) is 2.33. The molecule has 1 aromatic heterocycles. The minimum Gasteiger partial charge on any atom is -0.370 e. The van der Waals surface area contributed by atoms with E-state index < -0.39 is 0 Å². The number of aromatic nitrogens is 1. The number of hydrogen-bond acceptors (Lipinski definition) is 3. The molecule has 0 atom stereocenters. The van der Waals surface area contributed by atoms with Gasteiger partial charge in [-0.1, -0.05) is 12.5 Å². The maximum absolute atomic E-state index is 12.2. The van der Waals surface area contributed by atoms with Gasteiger partial charge in [-0.25, -0.2) is 4.98 Å². The quantitative estimate of drug-likeness (QED) is 0.869. The minimum atomic E-state index is 0.0154. The topological polar surface area (TPSA) is 45.2 Å². The lowest BCUT2D eigenvalue weighted by molar-refractivity contribution is 0.0739. The molecule has 1 aliphatic carbocycles. The molecule has 0 aliphatic heterocycles. The van der Waals surface area contributed by atoms with Crippen molar-refractivity contribution in [3.63, 3.8) is 0 Å². The van der Waals surface area contributed by atoms with Gasteiger partial charge >= 0.3 is 0 Å². The van der Waals surface area contributed by atoms with E-state index in [2.05, 4.69) is 10.3 Å². The molecule has 4 heteroatoms. The Hall–Kier alpha value is -1.58. The second kappa shape index (κ2) is 5.85. The Morgan fingerprint density at radius 3 is 2.89 bits per heavy atom. The Bertz CT molecular complexity index is 415. The molecule has 1 amide bonds. The summed E-state index contributed by atoms with van der Waals surface area (Å²) in [7, 11) is 1.86. The predicted molar refractivity (Wildman–Crippen MR) is 72.7 cm³/mol.